The van der Waals surface area contributed by atoms with Crippen molar-refractivity contribution in [2.75, 3.05) is 19.6 Å². The largest absolute Gasteiger partial charge is 0.325 e. The van der Waals surface area contributed by atoms with Crippen LogP contribution in [0.2, 0.25) is 0 Å². The van der Waals surface area contributed by atoms with Crippen LogP contribution in [0.5, 0.6) is 0 Å². The van der Waals surface area contributed by atoms with E-state index in [0.717, 1.165) is 32.5 Å². The van der Waals surface area contributed by atoms with Gasteiger partial charge in [0, 0.05) is 24.2 Å². The number of thiophene rings is 1. The Morgan fingerprint density at radius 3 is 2.60 bits per heavy atom. The zero-order chi connectivity index (χ0) is 24.4. The molecule has 2 aliphatic rings. The summed E-state index contributed by atoms with van der Waals surface area (Å²) in [5.74, 6) is -0.165. The third kappa shape index (κ3) is 4.62. The van der Waals surface area contributed by atoms with E-state index >= 15 is 0 Å². The van der Waals surface area contributed by atoms with Gasteiger partial charge in [-0.2, -0.15) is 0 Å². The van der Waals surface area contributed by atoms with Crippen molar-refractivity contribution in [1.82, 2.24) is 20.1 Å². The first-order chi connectivity index (χ1) is 17.0. The van der Waals surface area contributed by atoms with Crippen molar-refractivity contribution < 1.29 is 9.59 Å². The predicted octanol–water partition coefficient (Wildman–Crippen LogP) is 4.66. The molecule has 2 saturated heterocycles. The first kappa shape index (κ1) is 23.7. The Morgan fingerprint density at radius 1 is 1.09 bits per heavy atom. The Labute approximate surface area is 211 Å². The van der Waals surface area contributed by atoms with Crippen LogP contribution in [-0.4, -0.2) is 46.4 Å². The smallest absolute Gasteiger partial charge is 0.318 e. The van der Waals surface area contributed by atoms with Gasteiger partial charge in [-0.05, 0) is 86.8 Å². The minimum absolute atomic E-state index is 0.00375. The molecule has 4 heterocycles. The average Bonchev–Trinajstić information content (AvgIpc) is 3.47. The lowest BCUT2D eigenvalue weighted by Gasteiger charge is -2.40. The molecule has 0 bridgehead atoms. The number of pyridine rings is 1. The number of benzene rings is 1. The second-order valence-electron chi connectivity index (χ2n) is 9.72. The molecular weight excluding hydrogens is 456 g/mol. The summed E-state index contributed by atoms with van der Waals surface area (Å²) < 4.78 is 0. The third-order valence-corrected chi connectivity index (χ3v) is 8.39. The SMILES string of the molecule is Cc1ccc(CN2CCC([C@]3(c4ccccn4)NC(=O)N(CCc4cccs4)C3=O)CC2)c(C)c1. The van der Waals surface area contributed by atoms with E-state index in [1.54, 1.807) is 17.5 Å². The summed E-state index contributed by atoms with van der Waals surface area (Å²) in [7, 11) is 0. The van der Waals surface area contributed by atoms with Crippen LogP contribution < -0.4 is 5.32 Å². The number of imide groups is 1. The fourth-order valence-corrected chi connectivity index (χ4v) is 6.22. The number of nitrogens with zero attached hydrogens (tertiary/aromatic N) is 3. The number of urea groups is 1. The van der Waals surface area contributed by atoms with Crippen molar-refractivity contribution in [3.8, 4) is 0 Å². The summed E-state index contributed by atoms with van der Waals surface area (Å²) in [5.41, 5.74) is 3.49. The molecular formula is C28H32N4O2S. The average molecular weight is 489 g/mol. The number of nitrogens with one attached hydrogen (secondary N) is 1. The lowest BCUT2D eigenvalue weighted by molar-refractivity contribution is -0.134. The quantitative estimate of drug-likeness (QED) is 0.491. The highest BCUT2D eigenvalue weighted by Gasteiger charge is 2.57. The molecule has 0 spiro atoms. The molecule has 2 fully saturated rings. The number of rotatable bonds is 7. The summed E-state index contributed by atoms with van der Waals surface area (Å²) in [4.78, 5) is 36.6. The van der Waals surface area contributed by atoms with E-state index in [2.05, 4.69) is 47.2 Å². The lowest BCUT2D eigenvalue weighted by atomic mass is 9.75. The predicted molar refractivity (Wildman–Crippen MR) is 138 cm³/mol. The highest BCUT2D eigenvalue weighted by molar-refractivity contribution is 7.09. The van der Waals surface area contributed by atoms with Gasteiger partial charge in [0.1, 0.15) is 0 Å². The van der Waals surface area contributed by atoms with Crippen LogP contribution in [0.25, 0.3) is 0 Å². The summed E-state index contributed by atoms with van der Waals surface area (Å²) in [5, 5.41) is 5.14. The molecule has 2 aliphatic heterocycles. The van der Waals surface area contributed by atoms with Gasteiger partial charge < -0.3 is 5.32 Å². The molecule has 35 heavy (non-hydrogen) atoms. The second kappa shape index (κ2) is 9.91. The number of hydrogen-bond donors (Lipinski definition) is 1. The molecule has 3 aromatic rings. The van der Waals surface area contributed by atoms with Crippen molar-refractivity contribution in [1.29, 1.82) is 0 Å². The molecule has 1 aromatic carbocycles. The minimum atomic E-state index is -1.10. The number of hydrogen-bond acceptors (Lipinski definition) is 5. The van der Waals surface area contributed by atoms with Crippen LogP contribution in [0.15, 0.2) is 60.1 Å². The van der Waals surface area contributed by atoms with Gasteiger partial charge in [0.25, 0.3) is 5.91 Å². The Kier molecular flexibility index (Phi) is 6.71. The van der Waals surface area contributed by atoms with Crippen LogP contribution in [0.4, 0.5) is 4.79 Å². The Bertz CT molecular complexity index is 1190. The van der Waals surface area contributed by atoms with Crippen LogP contribution >= 0.6 is 11.3 Å². The Hall–Kier alpha value is -3.03. The Balaban J connectivity index is 1.34. The maximum absolute atomic E-state index is 13.9. The van der Waals surface area contributed by atoms with E-state index in [9.17, 15) is 9.59 Å². The molecule has 1 atom stereocenters. The van der Waals surface area contributed by atoms with E-state index in [-0.39, 0.29) is 17.9 Å². The molecule has 0 saturated carbocycles. The molecule has 182 valence electrons. The summed E-state index contributed by atoms with van der Waals surface area (Å²) in [6.07, 6.45) is 4.03. The number of piperidine rings is 1. The van der Waals surface area contributed by atoms with Crippen molar-refractivity contribution in [2.24, 2.45) is 5.92 Å². The van der Waals surface area contributed by atoms with Crippen LogP contribution in [0.1, 0.15) is 40.1 Å². The number of carbonyl (C=O) groups excluding carboxylic acids is 2. The number of amides is 3. The maximum atomic E-state index is 13.9. The van der Waals surface area contributed by atoms with Crippen molar-refractivity contribution in [3.05, 3.63) is 87.4 Å². The zero-order valence-electron chi connectivity index (χ0n) is 20.4. The summed E-state index contributed by atoms with van der Waals surface area (Å²) in [6, 6.07) is 16.0. The Morgan fingerprint density at radius 2 is 1.91 bits per heavy atom. The van der Waals surface area contributed by atoms with E-state index < -0.39 is 5.54 Å². The number of likely N-dealkylation sites (tertiary alicyclic amines) is 1. The van der Waals surface area contributed by atoms with E-state index in [1.807, 2.05) is 35.7 Å². The van der Waals surface area contributed by atoms with Gasteiger partial charge in [0.15, 0.2) is 5.54 Å². The van der Waals surface area contributed by atoms with Crippen molar-refractivity contribution >= 4 is 23.3 Å². The van der Waals surface area contributed by atoms with Gasteiger partial charge in [-0.1, -0.05) is 35.9 Å². The van der Waals surface area contributed by atoms with Gasteiger partial charge in [0.05, 0.1) is 5.69 Å². The molecule has 6 nitrogen and oxygen atoms in total. The molecule has 1 N–H and O–H groups in total. The van der Waals surface area contributed by atoms with E-state index in [1.165, 1.54) is 26.5 Å². The zero-order valence-corrected chi connectivity index (χ0v) is 21.2. The summed E-state index contributed by atoms with van der Waals surface area (Å²) in [6.45, 7) is 7.34. The fourth-order valence-electron chi connectivity index (χ4n) is 5.52. The minimum Gasteiger partial charge on any atom is -0.318 e. The molecule has 0 aliphatic carbocycles. The first-order valence-electron chi connectivity index (χ1n) is 12.3. The van der Waals surface area contributed by atoms with Crippen LogP contribution in [0.3, 0.4) is 0 Å². The number of carbonyl (C=O) groups is 2. The second-order valence-corrected chi connectivity index (χ2v) is 10.8. The first-order valence-corrected chi connectivity index (χ1v) is 13.2. The number of aryl methyl sites for hydroxylation is 2. The van der Waals surface area contributed by atoms with Gasteiger partial charge in [-0.25, -0.2) is 4.79 Å². The third-order valence-electron chi connectivity index (χ3n) is 7.45. The normalized spacial score (nSPS) is 21.5. The van der Waals surface area contributed by atoms with E-state index in [4.69, 9.17) is 0 Å². The fraction of sp³-hybridized carbons (Fsp3) is 0.393. The van der Waals surface area contributed by atoms with Crippen LogP contribution in [-0.2, 0) is 23.3 Å². The van der Waals surface area contributed by atoms with Crippen molar-refractivity contribution in [3.63, 3.8) is 0 Å². The molecule has 3 amide bonds. The molecule has 2 aromatic heterocycles. The molecule has 7 heteroatoms. The number of aromatic nitrogens is 1. The molecule has 0 radical (unpaired) electrons. The summed E-state index contributed by atoms with van der Waals surface area (Å²) >= 11 is 1.65. The monoisotopic (exact) mass is 488 g/mol. The standard InChI is InChI=1S/C28H32N4O2S/c1-20-8-9-22(21(2)18-20)19-31-14-10-23(11-15-31)28(25-7-3-4-13-29-25)26(33)32(27(34)30-28)16-12-24-6-5-17-35-24/h3-9,13,17-18,23H,10-12,14-16,19H2,1-2H3,(H,30,34)/t28-/m1/s1. The highest BCUT2D eigenvalue weighted by Crippen LogP contribution is 2.41. The van der Waals surface area contributed by atoms with Crippen LogP contribution in [0, 0.1) is 19.8 Å². The maximum Gasteiger partial charge on any atom is 0.325 e. The van der Waals surface area contributed by atoms with Gasteiger partial charge in [-0.3, -0.25) is 19.6 Å². The topological polar surface area (TPSA) is 65.5 Å². The molecule has 0 unspecified atom stereocenters. The van der Waals surface area contributed by atoms with E-state index in [0.29, 0.717) is 18.7 Å². The lowest BCUT2D eigenvalue weighted by Crippen LogP contribution is -2.54. The van der Waals surface area contributed by atoms with Gasteiger partial charge in [-0.15, -0.1) is 11.3 Å². The highest BCUT2D eigenvalue weighted by atomic mass is 32.1. The van der Waals surface area contributed by atoms with Crippen molar-refractivity contribution in [2.45, 2.75) is 45.2 Å². The van der Waals surface area contributed by atoms with Gasteiger partial charge >= 0.3 is 6.03 Å². The molecule has 5 rings (SSSR count). The van der Waals surface area contributed by atoms with Gasteiger partial charge in [0.2, 0.25) is 0 Å².